The number of carbonyl (C=O) groups is 2. The van der Waals surface area contributed by atoms with Crippen LogP contribution in [0.25, 0.3) is 6.08 Å². The summed E-state index contributed by atoms with van der Waals surface area (Å²) in [5, 5.41) is 0. The monoisotopic (exact) mass is 389 g/mol. The van der Waals surface area contributed by atoms with Gasteiger partial charge in [-0.3, -0.25) is 4.79 Å². The molecule has 1 aliphatic rings. The van der Waals surface area contributed by atoms with Crippen LogP contribution in [-0.4, -0.2) is 22.5 Å². The number of halogens is 3. The summed E-state index contributed by atoms with van der Waals surface area (Å²) in [6, 6.07) is 13.1. The van der Waals surface area contributed by atoms with Crippen molar-refractivity contribution in [1.82, 2.24) is 4.90 Å². The molecule has 2 aromatic carbocycles. The van der Waals surface area contributed by atoms with Crippen molar-refractivity contribution in [3.63, 3.8) is 0 Å². The summed E-state index contributed by atoms with van der Waals surface area (Å²) >= 11 is 0. The Labute approximate surface area is 160 Å². The van der Waals surface area contributed by atoms with Crippen molar-refractivity contribution in [3.05, 3.63) is 77.4 Å². The number of alkyl halides is 3. The molecule has 146 valence electrons. The second kappa shape index (κ2) is 7.14. The molecule has 3 rings (SSSR count). The molecule has 2 aromatic rings. The van der Waals surface area contributed by atoms with Crippen molar-refractivity contribution in [2.75, 3.05) is 0 Å². The molecule has 0 aliphatic carbocycles. The standard InChI is InChI=1S/C21H18F3NO3/c1-20(2)18(15-9-4-3-5-10-15)25(19(27)28-20)17(26)13-12-14-8-6-7-11-16(14)21(22,23)24/h3-13,18H,1-2H3/b13-12+. The molecular formula is C21H18F3NO3. The van der Waals surface area contributed by atoms with Gasteiger partial charge in [-0.1, -0.05) is 48.5 Å². The van der Waals surface area contributed by atoms with Gasteiger partial charge in [-0.25, -0.2) is 9.69 Å². The van der Waals surface area contributed by atoms with Gasteiger partial charge in [0.25, 0.3) is 5.91 Å². The van der Waals surface area contributed by atoms with Gasteiger partial charge in [0.1, 0.15) is 11.6 Å². The Kier molecular flexibility index (Phi) is 5.02. The Hall–Kier alpha value is -3.09. The van der Waals surface area contributed by atoms with E-state index in [1.807, 2.05) is 0 Å². The highest BCUT2D eigenvalue weighted by Gasteiger charge is 2.50. The Balaban J connectivity index is 1.94. The minimum Gasteiger partial charge on any atom is -0.440 e. The molecule has 0 bridgehead atoms. The first-order chi connectivity index (χ1) is 13.1. The van der Waals surface area contributed by atoms with Gasteiger partial charge in [0.2, 0.25) is 0 Å². The Bertz CT molecular complexity index is 920. The molecule has 0 radical (unpaired) electrons. The zero-order valence-electron chi connectivity index (χ0n) is 15.2. The predicted octanol–water partition coefficient (Wildman–Crippen LogP) is 5.22. The lowest BCUT2D eigenvalue weighted by molar-refractivity contribution is -0.137. The van der Waals surface area contributed by atoms with E-state index in [-0.39, 0.29) is 5.56 Å². The predicted molar refractivity (Wildman–Crippen MR) is 97.1 cm³/mol. The molecule has 28 heavy (non-hydrogen) atoms. The van der Waals surface area contributed by atoms with Crippen LogP contribution in [0.5, 0.6) is 0 Å². The summed E-state index contributed by atoms with van der Waals surface area (Å²) in [5.41, 5.74) is -1.31. The third-order valence-corrected chi connectivity index (χ3v) is 4.49. The van der Waals surface area contributed by atoms with E-state index in [1.54, 1.807) is 44.2 Å². The molecule has 1 saturated heterocycles. The molecule has 0 N–H and O–H groups in total. The van der Waals surface area contributed by atoms with Crippen molar-refractivity contribution >= 4 is 18.1 Å². The summed E-state index contributed by atoms with van der Waals surface area (Å²) in [5.74, 6) is -0.749. The van der Waals surface area contributed by atoms with Crippen molar-refractivity contribution < 1.29 is 27.5 Å². The number of rotatable bonds is 3. The van der Waals surface area contributed by atoms with Crippen LogP contribution >= 0.6 is 0 Å². The number of ether oxygens (including phenoxy) is 1. The van der Waals surface area contributed by atoms with Gasteiger partial charge in [0.05, 0.1) is 5.56 Å². The van der Waals surface area contributed by atoms with Crippen LogP contribution in [0.2, 0.25) is 0 Å². The lowest BCUT2D eigenvalue weighted by Gasteiger charge is -2.27. The van der Waals surface area contributed by atoms with Gasteiger partial charge in [-0.2, -0.15) is 13.2 Å². The smallest absolute Gasteiger partial charge is 0.418 e. The number of amides is 2. The highest BCUT2D eigenvalue weighted by Crippen LogP contribution is 2.41. The molecule has 1 unspecified atom stereocenters. The molecule has 0 saturated carbocycles. The number of hydrogen-bond donors (Lipinski definition) is 0. The molecule has 0 aromatic heterocycles. The van der Waals surface area contributed by atoms with Crippen LogP contribution in [0.4, 0.5) is 18.0 Å². The lowest BCUT2D eigenvalue weighted by atomic mass is 9.91. The minimum atomic E-state index is -4.55. The molecule has 0 spiro atoms. The fraction of sp³-hybridized carbons (Fsp3) is 0.238. The van der Waals surface area contributed by atoms with Crippen LogP contribution < -0.4 is 0 Å². The SMILES string of the molecule is CC1(C)OC(=O)N(C(=O)/C=C/c2ccccc2C(F)(F)F)C1c1ccccc1. The van der Waals surface area contributed by atoms with Crippen molar-refractivity contribution in [2.24, 2.45) is 0 Å². The largest absolute Gasteiger partial charge is 0.440 e. The average Bonchev–Trinajstić information content (AvgIpc) is 2.88. The molecule has 7 heteroatoms. The van der Waals surface area contributed by atoms with E-state index in [4.69, 9.17) is 4.74 Å². The van der Waals surface area contributed by atoms with Crippen LogP contribution in [0.3, 0.4) is 0 Å². The Morgan fingerprint density at radius 2 is 1.68 bits per heavy atom. The van der Waals surface area contributed by atoms with E-state index in [0.29, 0.717) is 5.56 Å². The number of hydrogen-bond acceptors (Lipinski definition) is 3. The fourth-order valence-corrected chi connectivity index (χ4v) is 3.29. The molecule has 2 amide bonds. The zero-order valence-corrected chi connectivity index (χ0v) is 15.2. The van der Waals surface area contributed by atoms with E-state index in [2.05, 4.69) is 0 Å². The highest BCUT2D eigenvalue weighted by atomic mass is 19.4. The first-order valence-corrected chi connectivity index (χ1v) is 8.56. The Morgan fingerprint density at radius 3 is 2.32 bits per heavy atom. The molecule has 1 heterocycles. The van der Waals surface area contributed by atoms with E-state index in [9.17, 15) is 22.8 Å². The van der Waals surface area contributed by atoms with Gasteiger partial charge >= 0.3 is 12.3 Å². The van der Waals surface area contributed by atoms with E-state index >= 15 is 0 Å². The number of benzene rings is 2. The van der Waals surface area contributed by atoms with E-state index in [0.717, 1.165) is 23.1 Å². The number of carbonyl (C=O) groups excluding carboxylic acids is 2. The molecular weight excluding hydrogens is 371 g/mol. The lowest BCUT2D eigenvalue weighted by Crippen LogP contribution is -2.37. The number of nitrogens with zero attached hydrogens (tertiary/aromatic N) is 1. The van der Waals surface area contributed by atoms with E-state index < -0.39 is 35.4 Å². The fourth-order valence-electron chi connectivity index (χ4n) is 3.29. The molecule has 1 aliphatic heterocycles. The van der Waals surface area contributed by atoms with Gasteiger partial charge in [0, 0.05) is 6.08 Å². The molecule has 4 nitrogen and oxygen atoms in total. The van der Waals surface area contributed by atoms with Crippen molar-refractivity contribution in [1.29, 1.82) is 0 Å². The van der Waals surface area contributed by atoms with Crippen LogP contribution in [0.15, 0.2) is 60.7 Å². The summed E-state index contributed by atoms with van der Waals surface area (Å²) in [7, 11) is 0. The van der Waals surface area contributed by atoms with Gasteiger partial charge < -0.3 is 4.74 Å². The zero-order chi connectivity index (χ0) is 20.5. The third kappa shape index (κ3) is 3.78. The number of cyclic esters (lactones) is 1. The second-order valence-electron chi connectivity index (χ2n) is 6.91. The maximum Gasteiger partial charge on any atom is 0.418 e. The van der Waals surface area contributed by atoms with Crippen LogP contribution in [0, 0.1) is 0 Å². The summed E-state index contributed by atoms with van der Waals surface area (Å²) in [4.78, 5) is 26.0. The molecule has 1 fully saturated rings. The average molecular weight is 389 g/mol. The van der Waals surface area contributed by atoms with Crippen molar-refractivity contribution in [2.45, 2.75) is 31.7 Å². The highest BCUT2D eigenvalue weighted by molar-refractivity contribution is 6.02. The quantitative estimate of drug-likeness (QED) is 0.677. The van der Waals surface area contributed by atoms with Gasteiger partial charge in [-0.05, 0) is 37.1 Å². The van der Waals surface area contributed by atoms with Gasteiger partial charge in [0.15, 0.2) is 0 Å². The second-order valence-corrected chi connectivity index (χ2v) is 6.91. The first kappa shape index (κ1) is 19.7. The minimum absolute atomic E-state index is 0.161. The van der Waals surface area contributed by atoms with Crippen molar-refractivity contribution in [3.8, 4) is 0 Å². The normalized spacial score (nSPS) is 19.1. The molecule has 1 atom stereocenters. The van der Waals surface area contributed by atoms with Crippen LogP contribution in [0.1, 0.15) is 36.6 Å². The first-order valence-electron chi connectivity index (χ1n) is 8.56. The van der Waals surface area contributed by atoms with E-state index in [1.165, 1.54) is 18.2 Å². The van der Waals surface area contributed by atoms with Crippen LogP contribution in [-0.2, 0) is 15.7 Å². The summed E-state index contributed by atoms with van der Waals surface area (Å²) in [6.45, 7) is 3.36. The third-order valence-electron chi connectivity index (χ3n) is 4.49. The topological polar surface area (TPSA) is 46.6 Å². The summed E-state index contributed by atoms with van der Waals surface area (Å²) in [6.07, 6.45) is -3.36. The van der Waals surface area contributed by atoms with Gasteiger partial charge in [-0.15, -0.1) is 0 Å². The maximum absolute atomic E-state index is 13.1. The maximum atomic E-state index is 13.1. The Morgan fingerprint density at radius 1 is 1.07 bits per heavy atom. The summed E-state index contributed by atoms with van der Waals surface area (Å²) < 4.78 is 44.7. The number of imide groups is 1.